The van der Waals surface area contributed by atoms with Gasteiger partial charge in [0.15, 0.2) is 0 Å². The molecule has 0 bridgehead atoms. The summed E-state index contributed by atoms with van der Waals surface area (Å²) in [6.07, 6.45) is -4.64. The topological polar surface area (TPSA) is 76.9 Å². The summed E-state index contributed by atoms with van der Waals surface area (Å²) in [5.41, 5.74) is -0.877. The Labute approximate surface area is 171 Å². The van der Waals surface area contributed by atoms with Gasteiger partial charge in [-0.1, -0.05) is 12.1 Å². The molecule has 1 aliphatic rings. The Morgan fingerprint density at radius 3 is 2.63 bits per heavy atom. The van der Waals surface area contributed by atoms with E-state index in [0.29, 0.717) is 18.4 Å². The van der Waals surface area contributed by atoms with Crippen LogP contribution in [0.25, 0.3) is 0 Å². The fourth-order valence-electron chi connectivity index (χ4n) is 3.07. The highest BCUT2D eigenvalue weighted by Crippen LogP contribution is 2.35. The van der Waals surface area contributed by atoms with Gasteiger partial charge in [-0.3, -0.25) is 15.0 Å². The lowest BCUT2D eigenvalue weighted by Gasteiger charge is -2.26. The first-order valence-electron chi connectivity index (χ1n) is 9.44. The molecule has 1 aliphatic heterocycles. The van der Waals surface area contributed by atoms with Crippen LogP contribution in [0.2, 0.25) is 0 Å². The van der Waals surface area contributed by atoms with E-state index in [0.717, 1.165) is 50.5 Å². The number of nitro groups is 1. The Morgan fingerprint density at radius 1 is 1.17 bits per heavy atom. The molecule has 0 amide bonds. The van der Waals surface area contributed by atoms with Gasteiger partial charge in [-0.05, 0) is 29.8 Å². The maximum absolute atomic E-state index is 12.8. The SMILES string of the molecule is O=[N+]([O-])c1cc(C(F)(F)F)ccc1NCc1cccc(OCCN2CCOCC2)c1. The number of nitro benzene ring substituents is 1. The molecule has 1 saturated heterocycles. The Bertz CT molecular complexity index is 871. The van der Waals surface area contributed by atoms with E-state index in [9.17, 15) is 23.3 Å². The first-order valence-corrected chi connectivity index (χ1v) is 9.44. The fourth-order valence-corrected chi connectivity index (χ4v) is 3.07. The molecule has 0 unspecified atom stereocenters. The minimum absolute atomic E-state index is 0.0200. The molecule has 0 aliphatic carbocycles. The van der Waals surface area contributed by atoms with Crippen LogP contribution in [0.15, 0.2) is 42.5 Å². The van der Waals surface area contributed by atoms with Crippen LogP contribution in [0.1, 0.15) is 11.1 Å². The molecular weight excluding hydrogens is 403 g/mol. The molecular formula is C20H22F3N3O4. The smallest absolute Gasteiger partial charge is 0.416 e. The number of hydrogen-bond donors (Lipinski definition) is 1. The molecule has 30 heavy (non-hydrogen) atoms. The Balaban J connectivity index is 1.59. The Hall–Kier alpha value is -2.85. The Morgan fingerprint density at radius 2 is 1.93 bits per heavy atom. The zero-order chi connectivity index (χ0) is 21.6. The highest BCUT2D eigenvalue weighted by Gasteiger charge is 2.33. The molecule has 1 fully saturated rings. The van der Waals surface area contributed by atoms with Crippen molar-refractivity contribution in [3.05, 3.63) is 63.7 Å². The average molecular weight is 425 g/mol. The third-order valence-electron chi connectivity index (χ3n) is 4.68. The molecule has 10 heteroatoms. The van der Waals surface area contributed by atoms with Gasteiger partial charge in [-0.25, -0.2) is 0 Å². The molecule has 1 N–H and O–H groups in total. The van der Waals surface area contributed by atoms with Gasteiger partial charge in [0.25, 0.3) is 5.69 Å². The summed E-state index contributed by atoms with van der Waals surface area (Å²) < 4.78 is 49.5. The predicted octanol–water partition coefficient (Wildman–Crippen LogP) is 3.94. The normalized spacial score (nSPS) is 15.0. The summed E-state index contributed by atoms with van der Waals surface area (Å²) in [4.78, 5) is 12.6. The molecule has 0 radical (unpaired) electrons. The third-order valence-corrected chi connectivity index (χ3v) is 4.68. The molecule has 0 aromatic heterocycles. The van der Waals surface area contributed by atoms with Gasteiger partial charge in [0.1, 0.15) is 18.0 Å². The standard InChI is InChI=1S/C20H22F3N3O4/c21-20(22,23)16-4-5-18(19(13-16)26(27)28)24-14-15-2-1-3-17(12-15)30-11-8-25-6-9-29-10-7-25/h1-5,12-13,24H,6-11,14H2. The second-order valence-electron chi connectivity index (χ2n) is 6.79. The number of morpholine rings is 1. The van der Waals surface area contributed by atoms with Crippen LogP contribution in [-0.4, -0.2) is 49.3 Å². The van der Waals surface area contributed by atoms with Gasteiger partial charge >= 0.3 is 6.18 Å². The van der Waals surface area contributed by atoms with Gasteiger partial charge < -0.3 is 14.8 Å². The van der Waals surface area contributed by atoms with Crippen molar-refractivity contribution in [1.82, 2.24) is 4.90 Å². The quantitative estimate of drug-likeness (QED) is 0.510. The van der Waals surface area contributed by atoms with Crippen LogP contribution < -0.4 is 10.1 Å². The van der Waals surface area contributed by atoms with Gasteiger partial charge in [-0.15, -0.1) is 0 Å². The molecule has 7 nitrogen and oxygen atoms in total. The lowest BCUT2D eigenvalue weighted by Crippen LogP contribution is -2.38. The van der Waals surface area contributed by atoms with E-state index >= 15 is 0 Å². The van der Waals surface area contributed by atoms with Gasteiger partial charge in [0.2, 0.25) is 0 Å². The van der Waals surface area contributed by atoms with E-state index in [-0.39, 0.29) is 12.2 Å². The maximum Gasteiger partial charge on any atom is 0.416 e. The van der Waals surface area contributed by atoms with Crippen molar-refractivity contribution < 1.29 is 27.6 Å². The first kappa shape index (κ1) is 21.8. The fraction of sp³-hybridized carbons (Fsp3) is 0.400. The van der Waals surface area contributed by atoms with Gasteiger partial charge in [0.05, 0.1) is 23.7 Å². The number of nitrogens with one attached hydrogen (secondary N) is 1. The van der Waals surface area contributed by atoms with Crippen LogP contribution in [0.4, 0.5) is 24.5 Å². The number of benzene rings is 2. The zero-order valence-corrected chi connectivity index (χ0v) is 16.2. The maximum atomic E-state index is 12.8. The molecule has 2 aromatic rings. The van der Waals surface area contributed by atoms with E-state index < -0.39 is 22.4 Å². The summed E-state index contributed by atoms with van der Waals surface area (Å²) >= 11 is 0. The van der Waals surface area contributed by atoms with E-state index in [1.807, 2.05) is 6.07 Å². The number of ether oxygens (including phenoxy) is 2. The number of halogens is 3. The number of nitrogens with zero attached hydrogens (tertiary/aromatic N) is 2. The summed E-state index contributed by atoms with van der Waals surface area (Å²) in [7, 11) is 0. The number of rotatable bonds is 8. The summed E-state index contributed by atoms with van der Waals surface area (Å²) in [6, 6.07) is 9.63. The van der Waals surface area contributed by atoms with Crippen molar-refractivity contribution in [2.24, 2.45) is 0 Å². The highest BCUT2D eigenvalue weighted by molar-refractivity contribution is 5.63. The van der Waals surface area contributed by atoms with Crippen molar-refractivity contribution in [3.63, 3.8) is 0 Å². The summed E-state index contributed by atoms with van der Waals surface area (Å²) in [6.45, 7) is 4.69. The first-order chi connectivity index (χ1) is 14.3. The number of alkyl halides is 3. The minimum atomic E-state index is -4.64. The second-order valence-corrected chi connectivity index (χ2v) is 6.79. The number of anilines is 1. The highest BCUT2D eigenvalue weighted by atomic mass is 19.4. The Kier molecular flexibility index (Phi) is 7.11. The van der Waals surface area contributed by atoms with Crippen molar-refractivity contribution >= 4 is 11.4 Å². The second kappa shape index (κ2) is 9.77. The largest absolute Gasteiger partial charge is 0.492 e. The molecule has 162 valence electrons. The molecule has 2 aromatic carbocycles. The lowest BCUT2D eigenvalue weighted by atomic mass is 10.1. The average Bonchev–Trinajstić information content (AvgIpc) is 2.72. The third kappa shape index (κ3) is 6.07. The van der Waals surface area contributed by atoms with Crippen molar-refractivity contribution in [2.45, 2.75) is 12.7 Å². The monoisotopic (exact) mass is 425 g/mol. The number of hydrogen-bond acceptors (Lipinski definition) is 6. The summed E-state index contributed by atoms with van der Waals surface area (Å²) in [5.74, 6) is 0.657. The van der Waals surface area contributed by atoms with Crippen LogP contribution in [0.3, 0.4) is 0 Å². The molecule has 0 atom stereocenters. The van der Waals surface area contributed by atoms with E-state index in [1.54, 1.807) is 18.2 Å². The van der Waals surface area contributed by atoms with Gasteiger partial charge in [0, 0.05) is 32.2 Å². The van der Waals surface area contributed by atoms with E-state index in [1.165, 1.54) is 0 Å². The molecule has 0 spiro atoms. The molecule has 0 saturated carbocycles. The van der Waals surface area contributed by atoms with Crippen LogP contribution in [-0.2, 0) is 17.5 Å². The van der Waals surface area contributed by atoms with Crippen molar-refractivity contribution in [2.75, 3.05) is 44.8 Å². The summed E-state index contributed by atoms with van der Waals surface area (Å²) in [5, 5.41) is 14.0. The van der Waals surface area contributed by atoms with Crippen LogP contribution >= 0.6 is 0 Å². The van der Waals surface area contributed by atoms with Crippen molar-refractivity contribution in [3.8, 4) is 5.75 Å². The minimum Gasteiger partial charge on any atom is -0.492 e. The lowest BCUT2D eigenvalue weighted by molar-refractivity contribution is -0.384. The molecule has 3 rings (SSSR count). The molecule has 1 heterocycles. The van der Waals surface area contributed by atoms with E-state index in [4.69, 9.17) is 9.47 Å². The van der Waals surface area contributed by atoms with Crippen molar-refractivity contribution in [1.29, 1.82) is 0 Å². The zero-order valence-electron chi connectivity index (χ0n) is 16.2. The van der Waals surface area contributed by atoms with Gasteiger partial charge in [-0.2, -0.15) is 13.2 Å². The van der Waals surface area contributed by atoms with E-state index in [2.05, 4.69) is 10.2 Å². The van der Waals surface area contributed by atoms with Crippen LogP contribution in [0.5, 0.6) is 5.75 Å². The predicted molar refractivity (Wildman–Crippen MR) is 105 cm³/mol. The van der Waals surface area contributed by atoms with Crippen LogP contribution in [0, 0.1) is 10.1 Å².